The molecule has 78 valence electrons. The average Bonchev–Trinajstić information content (AvgIpc) is 2.62. The summed E-state index contributed by atoms with van der Waals surface area (Å²) in [6.45, 7) is 6.68. The smallest absolute Gasteiger partial charge is 0.185 e. The Morgan fingerprint density at radius 3 is 3.07 bits per heavy atom. The summed E-state index contributed by atoms with van der Waals surface area (Å²) in [4.78, 5) is 6.61. The lowest BCUT2D eigenvalue weighted by Crippen LogP contribution is -2.59. The van der Waals surface area contributed by atoms with Crippen LogP contribution in [0, 0.1) is 0 Å². The summed E-state index contributed by atoms with van der Waals surface area (Å²) < 4.78 is 0. The largest absolute Gasteiger partial charge is 0.345 e. The molecule has 0 amide bonds. The highest BCUT2D eigenvalue weighted by molar-refractivity contribution is 7.13. The zero-order valence-electron chi connectivity index (χ0n) is 8.73. The normalized spacial score (nSPS) is 19.4. The number of hydrogen-bond donors (Lipinski definition) is 1. The van der Waals surface area contributed by atoms with Crippen LogP contribution in [0.3, 0.4) is 0 Å². The molecule has 1 fully saturated rings. The third kappa shape index (κ3) is 2.07. The van der Waals surface area contributed by atoms with Gasteiger partial charge < -0.3 is 10.2 Å². The zero-order valence-corrected chi connectivity index (χ0v) is 9.55. The molecule has 1 atom stereocenters. The molecule has 1 N–H and O–H groups in total. The van der Waals surface area contributed by atoms with Gasteiger partial charge in [-0.3, -0.25) is 0 Å². The van der Waals surface area contributed by atoms with Crippen LogP contribution in [-0.2, 0) is 0 Å². The molecule has 0 aromatic carbocycles. The Balaban J connectivity index is 1.75. The van der Waals surface area contributed by atoms with E-state index in [9.17, 15) is 0 Å². The molecule has 0 spiro atoms. The van der Waals surface area contributed by atoms with Gasteiger partial charge in [-0.1, -0.05) is 6.92 Å². The first-order chi connectivity index (χ1) is 6.79. The third-order valence-corrected chi connectivity index (χ3v) is 3.54. The molecule has 0 bridgehead atoms. The number of aromatic nitrogens is 1. The van der Waals surface area contributed by atoms with Gasteiger partial charge in [-0.05, 0) is 13.3 Å². The minimum Gasteiger partial charge on any atom is -0.345 e. The Morgan fingerprint density at radius 2 is 2.50 bits per heavy atom. The fourth-order valence-corrected chi connectivity index (χ4v) is 2.30. The Bertz CT molecular complexity index is 267. The number of nitrogens with one attached hydrogen (secondary N) is 1. The number of hydrogen-bond acceptors (Lipinski definition) is 4. The second-order valence-corrected chi connectivity index (χ2v) is 4.77. The van der Waals surface area contributed by atoms with E-state index in [1.807, 2.05) is 11.6 Å². The summed E-state index contributed by atoms with van der Waals surface area (Å²) in [7, 11) is 0. The van der Waals surface area contributed by atoms with E-state index in [4.69, 9.17) is 0 Å². The molecule has 14 heavy (non-hydrogen) atoms. The van der Waals surface area contributed by atoms with E-state index in [0.717, 1.165) is 18.2 Å². The standard InChI is InChI=1S/C10H17N3S/c1-3-8(2)12-9-6-13(7-9)10-11-4-5-14-10/h4-5,8-9,12H,3,6-7H2,1-2H3. The first-order valence-electron chi connectivity index (χ1n) is 5.20. The second-order valence-electron chi connectivity index (χ2n) is 3.89. The predicted octanol–water partition coefficient (Wildman–Crippen LogP) is 1.72. The molecule has 1 aromatic heterocycles. The van der Waals surface area contributed by atoms with Gasteiger partial charge in [-0.2, -0.15) is 0 Å². The fourth-order valence-electron chi connectivity index (χ4n) is 1.63. The van der Waals surface area contributed by atoms with Gasteiger partial charge in [-0.25, -0.2) is 4.98 Å². The van der Waals surface area contributed by atoms with Crippen molar-refractivity contribution in [3.8, 4) is 0 Å². The van der Waals surface area contributed by atoms with Gasteiger partial charge in [0, 0.05) is 36.8 Å². The van der Waals surface area contributed by atoms with Crippen LogP contribution >= 0.6 is 11.3 Å². The topological polar surface area (TPSA) is 28.2 Å². The molecule has 3 nitrogen and oxygen atoms in total. The van der Waals surface area contributed by atoms with Gasteiger partial charge in [0.05, 0.1) is 0 Å². The Labute approximate surface area is 89.1 Å². The highest BCUT2D eigenvalue weighted by Crippen LogP contribution is 2.22. The maximum atomic E-state index is 4.29. The van der Waals surface area contributed by atoms with Gasteiger partial charge >= 0.3 is 0 Å². The van der Waals surface area contributed by atoms with E-state index < -0.39 is 0 Å². The van der Waals surface area contributed by atoms with Crippen LogP contribution in [0.25, 0.3) is 0 Å². The van der Waals surface area contributed by atoms with Crippen molar-refractivity contribution in [3.63, 3.8) is 0 Å². The quantitative estimate of drug-likeness (QED) is 0.822. The number of anilines is 1. The minimum atomic E-state index is 0.637. The molecular formula is C10H17N3S. The van der Waals surface area contributed by atoms with Gasteiger partial charge in [0.15, 0.2) is 5.13 Å². The van der Waals surface area contributed by atoms with Crippen LogP contribution < -0.4 is 10.2 Å². The molecule has 0 saturated carbocycles. The molecule has 2 heterocycles. The maximum absolute atomic E-state index is 4.29. The van der Waals surface area contributed by atoms with E-state index in [1.165, 1.54) is 6.42 Å². The average molecular weight is 211 g/mol. The van der Waals surface area contributed by atoms with Crippen LogP contribution in [-0.4, -0.2) is 30.2 Å². The molecule has 1 aliphatic heterocycles. The van der Waals surface area contributed by atoms with Gasteiger partial charge in [0.25, 0.3) is 0 Å². The number of thiazole rings is 1. The highest BCUT2D eigenvalue weighted by Gasteiger charge is 2.28. The van der Waals surface area contributed by atoms with Crippen molar-refractivity contribution >= 4 is 16.5 Å². The summed E-state index contributed by atoms with van der Waals surface area (Å²) in [6, 6.07) is 1.30. The SMILES string of the molecule is CCC(C)NC1CN(c2nccs2)C1. The molecule has 1 unspecified atom stereocenters. The maximum Gasteiger partial charge on any atom is 0.185 e. The first kappa shape index (κ1) is 9.93. The van der Waals surface area contributed by atoms with E-state index in [2.05, 4.69) is 29.0 Å². The van der Waals surface area contributed by atoms with E-state index in [1.54, 1.807) is 11.3 Å². The second kappa shape index (κ2) is 4.28. The zero-order chi connectivity index (χ0) is 9.97. The van der Waals surface area contributed by atoms with Gasteiger partial charge in [0.1, 0.15) is 0 Å². The van der Waals surface area contributed by atoms with Crippen molar-refractivity contribution in [1.82, 2.24) is 10.3 Å². The van der Waals surface area contributed by atoms with Crippen molar-refractivity contribution in [1.29, 1.82) is 0 Å². The van der Waals surface area contributed by atoms with Crippen molar-refractivity contribution in [2.45, 2.75) is 32.4 Å². The molecule has 0 radical (unpaired) electrons. The Morgan fingerprint density at radius 1 is 1.71 bits per heavy atom. The fraction of sp³-hybridized carbons (Fsp3) is 0.700. The number of nitrogens with zero attached hydrogens (tertiary/aromatic N) is 2. The lowest BCUT2D eigenvalue weighted by Gasteiger charge is -2.40. The predicted molar refractivity (Wildman–Crippen MR) is 61.0 cm³/mol. The molecular weight excluding hydrogens is 194 g/mol. The van der Waals surface area contributed by atoms with Crippen molar-refractivity contribution in [2.24, 2.45) is 0 Å². The van der Waals surface area contributed by atoms with Crippen LogP contribution in [0.15, 0.2) is 11.6 Å². The lowest BCUT2D eigenvalue weighted by molar-refractivity contribution is 0.373. The molecule has 1 saturated heterocycles. The molecule has 1 aromatic rings. The van der Waals surface area contributed by atoms with E-state index in [-0.39, 0.29) is 0 Å². The van der Waals surface area contributed by atoms with Gasteiger partial charge in [0.2, 0.25) is 0 Å². The summed E-state index contributed by atoms with van der Waals surface area (Å²) in [5.41, 5.74) is 0. The monoisotopic (exact) mass is 211 g/mol. The van der Waals surface area contributed by atoms with Crippen LogP contribution in [0.2, 0.25) is 0 Å². The van der Waals surface area contributed by atoms with Crippen LogP contribution in [0.4, 0.5) is 5.13 Å². The Hall–Kier alpha value is -0.610. The van der Waals surface area contributed by atoms with Crippen molar-refractivity contribution < 1.29 is 0 Å². The molecule has 2 rings (SSSR count). The summed E-state index contributed by atoms with van der Waals surface area (Å²) in [5.74, 6) is 0. The van der Waals surface area contributed by atoms with Crippen molar-refractivity contribution in [3.05, 3.63) is 11.6 Å². The van der Waals surface area contributed by atoms with Gasteiger partial charge in [-0.15, -0.1) is 11.3 Å². The third-order valence-electron chi connectivity index (χ3n) is 2.70. The van der Waals surface area contributed by atoms with Crippen molar-refractivity contribution in [2.75, 3.05) is 18.0 Å². The summed E-state index contributed by atoms with van der Waals surface area (Å²) >= 11 is 1.72. The lowest BCUT2D eigenvalue weighted by atomic mass is 10.1. The molecule has 1 aliphatic rings. The first-order valence-corrected chi connectivity index (χ1v) is 6.08. The molecule has 4 heteroatoms. The van der Waals surface area contributed by atoms with E-state index >= 15 is 0 Å². The summed E-state index contributed by atoms with van der Waals surface area (Å²) in [6.07, 6.45) is 3.07. The Kier molecular flexibility index (Phi) is 3.03. The van der Waals surface area contributed by atoms with E-state index in [0.29, 0.717) is 12.1 Å². The highest BCUT2D eigenvalue weighted by atomic mass is 32.1. The molecule has 0 aliphatic carbocycles. The number of rotatable bonds is 4. The van der Waals surface area contributed by atoms with Crippen LogP contribution in [0.1, 0.15) is 20.3 Å². The van der Waals surface area contributed by atoms with Crippen LogP contribution in [0.5, 0.6) is 0 Å². The summed E-state index contributed by atoms with van der Waals surface area (Å²) in [5, 5.41) is 6.79. The minimum absolute atomic E-state index is 0.637.